The number of piperazine rings is 1. The van der Waals surface area contributed by atoms with E-state index >= 15 is 0 Å². The molecule has 0 aliphatic carbocycles. The van der Waals surface area contributed by atoms with Gasteiger partial charge in [-0.25, -0.2) is 4.79 Å². The summed E-state index contributed by atoms with van der Waals surface area (Å²) < 4.78 is 0. The van der Waals surface area contributed by atoms with E-state index in [-0.39, 0.29) is 6.03 Å². The number of amides is 4. The molecule has 140 valence electrons. The molecule has 0 aromatic heterocycles. The summed E-state index contributed by atoms with van der Waals surface area (Å²) in [5.41, 5.74) is 0.476. The summed E-state index contributed by atoms with van der Waals surface area (Å²) in [6, 6.07) is 4.53. The fourth-order valence-electron chi connectivity index (χ4n) is 3.09. The molecule has 7 nitrogen and oxygen atoms in total. The molecule has 0 atom stereocenters. The molecule has 0 unspecified atom stereocenters. The van der Waals surface area contributed by atoms with Crippen LogP contribution in [0.15, 0.2) is 18.2 Å². The van der Waals surface area contributed by atoms with Crippen molar-refractivity contribution in [2.24, 2.45) is 0 Å². The number of rotatable bonds is 1. The normalized spacial score (nSPS) is 17.4. The molecule has 2 fully saturated rings. The van der Waals surface area contributed by atoms with Gasteiger partial charge in [0.05, 0.1) is 10.7 Å². The molecule has 2 aliphatic heterocycles. The van der Waals surface area contributed by atoms with Gasteiger partial charge in [0.1, 0.15) is 0 Å². The molecule has 0 radical (unpaired) electrons. The lowest BCUT2D eigenvalue weighted by Crippen LogP contribution is -2.54. The number of carbonyl (C=O) groups excluding carboxylic acids is 3. The number of hydrogen-bond donors (Lipinski definition) is 1. The molecule has 2 aliphatic rings. The Balaban J connectivity index is 1.52. The van der Waals surface area contributed by atoms with Gasteiger partial charge in [0, 0.05) is 44.3 Å². The van der Waals surface area contributed by atoms with Crippen molar-refractivity contribution in [1.82, 2.24) is 14.7 Å². The maximum atomic E-state index is 12.4. The SMILES string of the molecule is O=C(Nc1ccc(Cl)cc1Cl)N1CCN(C(=O)C(=O)N2CCCC2)CC1. The summed E-state index contributed by atoms with van der Waals surface area (Å²) in [5.74, 6) is -0.916. The standard InChI is InChI=1S/C17H20Cl2N4O3/c18-12-3-4-14(13(19)11-12)20-17(26)23-9-7-22(8-10-23)16(25)15(24)21-5-1-2-6-21/h3-4,11H,1-2,5-10H2,(H,20,26). The molecule has 3 rings (SSSR count). The molecule has 0 bridgehead atoms. The first-order chi connectivity index (χ1) is 12.5. The Hall–Kier alpha value is -1.99. The highest BCUT2D eigenvalue weighted by Crippen LogP contribution is 2.25. The average molecular weight is 399 g/mol. The van der Waals surface area contributed by atoms with E-state index in [1.165, 1.54) is 4.90 Å². The highest BCUT2D eigenvalue weighted by molar-refractivity contribution is 6.36. The van der Waals surface area contributed by atoms with Crippen LogP contribution < -0.4 is 5.32 Å². The molecular formula is C17H20Cl2N4O3. The van der Waals surface area contributed by atoms with Crippen molar-refractivity contribution in [3.05, 3.63) is 28.2 Å². The smallest absolute Gasteiger partial charge is 0.322 e. The lowest BCUT2D eigenvalue weighted by Gasteiger charge is -2.35. The number of benzene rings is 1. The van der Waals surface area contributed by atoms with Gasteiger partial charge in [-0.3, -0.25) is 9.59 Å². The maximum Gasteiger partial charge on any atom is 0.322 e. The third-order valence-corrected chi connectivity index (χ3v) is 5.15. The van der Waals surface area contributed by atoms with Crippen molar-refractivity contribution in [1.29, 1.82) is 0 Å². The van der Waals surface area contributed by atoms with Gasteiger partial charge < -0.3 is 20.0 Å². The number of nitrogens with one attached hydrogen (secondary N) is 1. The molecule has 1 aromatic rings. The second-order valence-electron chi connectivity index (χ2n) is 6.33. The van der Waals surface area contributed by atoms with Gasteiger partial charge >= 0.3 is 17.8 Å². The second-order valence-corrected chi connectivity index (χ2v) is 7.18. The molecule has 0 saturated carbocycles. The van der Waals surface area contributed by atoms with Crippen LogP contribution in [0.5, 0.6) is 0 Å². The minimum absolute atomic E-state index is 0.299. The van der Waals surface area contributed by atoms with Gasteiger partial charge in [-0.1, -0.05) is 23.2 Å². The lowest BCUT2D eigenvalue weighted by molar-refractivity contribution is -0.152. The monoisotopic (exact) mass is 398 g/mol. The quantitative estimate of drug-likeness (QED) is 0.737. The Bertz CT molecular complexity index is 714. The minimum Gasteiger partial charge on any atom is -0.334 e. The van der Waals surface area contributed by atoms with Crippen LogP contribution >= 0.6 is 23.2 Å². The zero-order chi connectivity index (χ0) is 18.7. The summed E-state index contributed by atoms with van der Waals surface area (Å²) in [6.45, 7) is 2.68. The minimum atomic E-state index is -0.479. The van der Waals surface area contributed by atoms with Crippen LogP contribution in [0.25, 0.3) is 0 Å². The first-order valence-corrected chi connectivity index (χ1v) is 9.30. The first kappa shape index (κ1) is 18.8. The number of hydrogen-bond acceptors (Lipinski definition) is 3. The molecular weight excluding hydrogens is 379 g/mol. The van der Waals surface area contributed by atoms with Gasteiger partial charge in [0.2, 0.25) is 0 Å². The van der Waals surface area contributed by atoms with Gasteiger partial charge in [-0.05, 0) is 31.0 Å². The third-order valence-electron chi connectivity index (χ3n) is 4.60. The lowest BCUT2D eigenvalue weighted by atomic mass is 10.3. The van der Waals surface area contributed by atoms with Gasteiger partial charge in [0.15, 0.2) is 0 Å². The van der Waals surface area contributed by atoms with Crippen LogP contribution in [0.4, 0.5) is 10.5 Å². The predicted molar refractivity (Wildman–Crippen MR) is 99.4 cm³/mol. The van der Waals surface area contributed by atoms with Gasteiger partial charge in [0.25, 0.3) is 0 Å². The van der Waals surface area contributed by atoms with Crippen molar-refractivity contribution in [3.8, 4) is 0 Å². The summed E-state index contributed by atoms with van der Waals surface area (Å²) in [7, 11) is 0. The highest BCUT2D eigenvalue weighted by Gasteiger charge is 2.31. The van der Waals surface area contributed by atoms with Crippen LogP contribution in [0.2, 0.25) is 10.0 Å². The van der Waals surface area contributed by atoms with Crippen molar-refractivity contribution < 1.29 is 14.4 Å². The number of halogens is 2. The average Bonchev–Trinajstić information content (AvgIpc) is 3.17. The Morgan fingerprint density at radius 2 is 1.35 bits per heavy atom. The van der Waals surface area contributed by atoms with Gasteiger partial charge in [-0.15, -0.1) is 0 Å². The number of likely N-dealkylation sites (tertiary alicyclic amines) is 1. The molecule has 0 spiro atoms. The van der Waals surface area contributed by atoms with Crippen LogP contribution in [0.1, 0.15) is 12.8 Å². The van der Waals surface area contributed by atoms with Crippen LogP contribution in [-0.2, 0) is 9.59 Å². The van der Waals surface area contributed by atoms with Crippen molar-refractivity contribution in [2.75, 3.05) is 44.6 Å². The molecule has 1 N–H and O–H groups in total. The van der Waals surface area contributed by atoms with Gasteiger partial charge in [-0.2, -0.15) is 0 Å². The van der Waals surface area contributed by atoms with Crippen LogP contribution in [0.3, 0.4) is 0 Å². The van der Waals surface area contributed by atoms with E-state index in [0.29, 0.717) is 55.0 Å². The first-order valence-electron chi connectivity index (χ1n) is 8.55. The molecule has 1 aromatic carbocycles. The van der Waals surface area contributed by atoms with E-state index in [9.17, 15) is 14.4 Å². The van der Waals surface area contributed by atoms with E-state index in [1.54, 1.807) is 28.0 Å². The number of carbonyl (C=O) groups is 3. The van der Waals surface area contributed by atoms with Crippen molar-refractivity contribution >= 4 is 46.7 Å². The summed E-state index contributed by atoms with van der Waals surface area (Å²) in [4.78, 5) is 41.6. The predicted octanol–water partition coefficient (Wildman–Crippen LogP) is 2.29. The van der Waals surface area contributed by atoms with Crippen LogP contribution in [-0.4, -0.2) is 71.8 Å². The Morgan fingerprint density at radius 3 is 1.92 bits per heavy atom. The van der Waals surface area contributed by atoms with E-state index in [1.807, 2.05) is 0 Å². The zero-order valence-electron chi connectivity index (χ0n) is 14.2. The van der Waals surface area contributed by atoms with E-state index < -0.39 is 11.8 Å². The third kappa shape index (κ3) is 4.22. The maximum absolute atomic E-state index is 12.4. The van der Waals surface area contributed by atoms with E-state index in [0.717, 1.165) is 12.8 Å². The number of anilines is 1. The van der Waals surface area contributed by atoms with E-state index in [4.69, 9.17) is 23.2 Å². The number of urea groups is 1. The summed E-state index contributed by atoms with van der Waals surface area (Å²) in [5, 5.41) is 3.58. The van der Waals surface area contributed by atoms with Crippen LogP contribution in [0, 0.1) is 0 Å². The molecule has 26 heavy (non-hydrogen) atoms. The Morgan fingerprint density at radius 1 is 0.808 bits per heavy atom. The van der Waals surface area contributed by atoms with Crippen molar-refractivity contribution in [2.45, 2.75) is 12.8 Å². The second kappa shape index (κ2) is 8.14. The highest BCUT2D eigenvalue weighted by atomic mass is 35.5. The van der Waals surface area contributed by atoms with Crippen molar-refractivity contribution in [3.63, 3.8) is 0 Å². The molecule has 9 heteroatoms. The topological polar surface area (TPSA) is 73.0 Å². The summed E-state index contributed by atoms with van der Waals surface area (Å²) in [6.07, 6.45) is 1.89. The molecule has 4 amide bonds. The van der Waals surface area contributed by atoms with E-state index in [2.05, 4.69) is 5.32 Å². The Labute approximate surface area is 161 Å². The fraction of sp³-hybridized carbons (Fsp3) is 0.471. The summed E-state index contributed by atoms with van der Waals surface area (Å²) >= 11 is 11.9. The molecule has 2 saturated heterocycles. The number of nitrogens with zero attached hydrogens (tertiary/aromatic N) is 3. The molecule has 2 heterocycles. The Kier molecular flexibility index (Phi) is 5.88. The zero-order valence-corrected chi connectivity index (χ0v) is 15.7. The fourth-order valence-corrected chi connectivity index (χ4v) is 3.54. The largest absolute Gasteiger partial charge is 0.334 e.